The van der Waals surface area contributed by atoms with Crippen LogP contribution in [0.3, 0.4) is 0 Å². The molecule has 0 saturated carbocycles. The summed E-state index contributed by atoms with van der Waals surface area (Å²) in [5.74, 6) is 0.334. The van der Waals surface area contributed by atoms with Crippen LogP contribution in [-0.4, -0.2) is 54.9 Å². The number of aromatic nitrogens is 2. The Balaban J connectivity index is 1.22. The second-order valence-corrected chi connectivity index (χ2v) is 11.1. The molecule has 2 aromatic heterocycles. The van der Waals surface area contributed by atoms with Crippen LogP contribution >= 0.6 is 0 Å². The number of nitrogens with one attached hydrogen (secondary N) is 2. The van der Waals surface area contributed by atoms with E-state index in [0.29, 0.717) is 32.4 Å². The van der Waals surface area contributed by atoms with Crippen LogP contribution in [0.1, 0.15) is 18.4 Å². The number of rotatable bonds is 7. The van der Waals surface area contributed by atoms with Gasteiger partial charge in [-0.1, -0.05) is 0 Å². The van der Waals surface area contributed by atoms with E-state index in [2.05, 4.69) is 10.3 Å². The second kappa shape index (κ2) is 9.39. The Morgan fingerprint density at radius 3 is 2.89 bits per heavy atom. The van der Waals surface area contributed by atoms with E-state index in [0.717, 1.165) is 33.1 Å². The number of piperidine rings is 1. The molecule has 3 heterocycles. The number of nitrogens with zero attached hydrogens (tertiary/aromatic N) is 2. The molecule has 5 rings (SSSR count). The van der Waals surface area contributed by atoms with Crippen molar-refractivity contribution in [2.24, 2.45) is 13.0 Å². The van der Waals surface area contributed by atoms with Crippen molar-refractivity contribution in [3.63, 3.8) is 0 Å². The first-order valence-electron chi connectivity index (χ1n) is 11.8. The lowest BCUT2D eigenvalue weighted by molar-refractivity contribution is -0.126. The Labute approximate surface area is 204 Å². The summed E-state index contributed by atoms with van der Waals surface area (Å²) in [5, 5.41) is 4.97. The summed E-state index contributed by atoms with van der Waals surface area (Å²) in [5.41, 5.74) is 3.10. The van der Waals surface area contributed by atoms with E-state index in [9.17, 15) is 13.2 Å². The SMILES string of the molecule is COc1ccc2[nH]cc(CCNC(=O)[C@@H]3CCCN(S(=O)(=O)c4ccc5c(ccn5C)c4)C3)c2c1. The zero-order valence-corrected chi connectivity index (χ0v) is 20.8. The Hall–Kier alpha value is -3.30. The van der Waals surface area contributed by atoms with Crippen LogP contribution in [0.25, 0.3) is 21.8 Å². The van der Waals surface area contributed by atoms with Gasteiger partial charge >= 0.3 is 0 Å². The van der Waals surface area contributed by atoms with E-state index in [-0.39, 0.29) is 23.3 Å². The third kappa shape index (κ3) is 4.53. The van der Waals surface area contributed by atoms with Crippen molar-refractivity contribution in [3.8, 4) is 5.75 Å². The Kier molecular flexibility index (Phi) is 6.29. The van der Waals surface area contributed by atoms with Gasteiger partial charge in [-0.15, -0.1) is 0 Å². The molecule has 184 valence electrons. The number of amides is 1. The third-order valence-corrected chi connectivity index (χ3v) is 8.78. The first kappa shape index (κ1) is 23.4. The van der Waals surface area contributed by atoms with Crippen molar-refractivity contribution >= 4 is 37.7 Å². The predicted octanol–water partition coefficient (Wildman–Crippen LogP) is 3.43. The van der Waals surface area contributed by atoms with Crippen LogP contribution in [0, 0.1) is 5.92 Å². The lowest BCUT2D eigenvalue weighted by Gasteiger charge is -2.31. The number of ether oxygens (including phenoxy) is 1. The number of sulfonamides is 1. The first-order chi connectivity index (χ1) is 16.9. The molecule has 2 aromatic carbocycles. The average molecular weight is 495 g/mol. The molecule has 1 amide bonds. The fourth-order valence-corrected chi connectivity index (χ4v) is 6.46. The van der Waals surface area contributed by atoms with Gasteiger partial charge in [-0.3, -0.25) is 4.79 Å². The van der Waals surface area contributed by atoms with E-state index < -0.39 is 10.0 Å². The molecular weight excluding hydrogens is 464 g/mol. The molecule has 0 spiro atoms. The van der Waals surface area contributed by atoms with Crippen molar-refractivity contribution in [1.29, 1.82) is 0 Å². The van der Waals surface area contributed by atoms with Gasteiger partial charge in [0.05, 0.1) is 17.9 Å². The normalized spacial score (nSPS) is 17.1. The maximum Gasteiger partial charge on any atom is 0.243 e. The number of methoxy groups -OCH3 is 1. The smallest absolute Gasteiger partial charge is 0.243 e. The largest absolute Gasteiger partial charge is 0.497 e. The fraction of sp³-hybridized carbons (Fsp3) is 0.346. The minimum atomic E-state index is -3.67. The summed E-state index contributed by atoms with van der Waals surface area (Å²) in [6.07, 6.45) is 5.88. The molecule has 2 N–H and O–H groups in total. The maximum absolute atomic E-state index is 13.3. The molecule has 1 saturated heterocycles. The molecular formula is C26H30N4O4S. The highest BCUT2D eigenvalue weighted by Crippen LogP contribution is 2.27. The summed E-state index contributed by atoms with van der Waals surface area (Å²) in [6, 6.07) is 13.0. The van der Waals surface area contributed by atoms with Crippen LogP contribution in [0.4, 0.5) is 0 Å². The van der Waals surface area contributed by atoms with Gasteiger partial charge in [0.15, 0.2) is 0 Å². The number of carbonyl (C=O) groups excluding carboxylic acids is 1. The van der Waals surface area contributed by atoms with E-state index in [1.165, 1.54) is 4.31 Å². The molecule has 9 heteroatoms. The molecule has 0 radical (unpaired) electrons. The number of carbonyl (C=O) groups is 1. The molecule has 0 unspecified atom stereocenters. The van der Waals surface area contributed by atoms with Gasteiger partial charge in [-0.25, -0.2) is 8.42 Å². The lowest BCUT2D eigenvalue weighted by Crippen LogP contribution is -2.45. The number of hydrogen-bond acceptors (Lipinski definition) is 4. The molecule has 1 atom stereocenters. The molecule has 4 aromatic rings. The highest BCUT2D eigenvalue weighted by Gasteiger charge is 2.33. The molecule has 1 aliphatic heterocycles. The second-order valence-electron chi connectivity index (χ2n) is 9.12. The van der Waals surface area contributed by atoms with E-state index in [1.807, 2.05) is 54.3 Å². The van der Waals surface area contributed by atoms with E-state index in [4.69, 9.17) is 4.74 Å². The van der Waals surface area contributed by atoms with Crippen molar-refractivity contribution in [1.82, 2.24) is 19.2 Å². The number of aromatic amines is 1. The van der Waals surface area contributed by atoms with Gasteiger partial charge < -0.3 is 19.6 Å². The number of benzene rings is 2. The predicted molar refractivity (Wildman–Crippen MR) is 136 cm³/mol. The van der Waals surface area contributed by atoms with Crippen LogP contribution in [0.15, 0.2) is 59.8 Å². The van der Waals surface area contributed by atoms with Crippen molar-refractivity contribution < 1.29 is 17.9 Å². The number of hydrogen-bond donors (Lipinski definition) is 2. The first-order valence-corrected chi connectivity index (χ1v) is 13.3. The topological polar surface area (TPSA) is 96.4 Å². The highest BCUT2D eigenvalue weighted by atomic mass is 32.2. The van der Waals surface area contributed by atoms with Crippen molar-refractivity contribution in [2.45, 2.75) is 24.2 Å². The Morgan fingerprint density at radius 2 is 2.06 bits per heavy atom. The van der Waals surface area contributed by atoms with Crippen molar-refractivity contribution in [2.75, 3.05) is 26.7 Å². The summed E-state index contributed by atoms with van der Waals surface area (Å²) >= 11 is 0. The highest BCUT2D eigenvalue weighted by molar-refractivity contribution is 7.89. The van der Waals surface area contributed by atoms with Crippen LogP contribution in [0.5, 0.6) is 5.75 Å². The molecule has 1 fully saturated rings. The van der Waals surface area contributed by atoms with Crippen LogP contribution < -0.4 is 10.1 Å². The summed E-state index contributed by atoms with van der Waals surface area (Å²) in [7, 11) is -0.0990. The Bertz CT molecular complexity index is 1490. The maximum atomic E-state index is 13.3. The fourth-order valence-electron chi connectivity index (χ4n) is 4.90. The van der Waals surface area contributed by atoms with Gasteiger partial charge in [0.1, 0.15) is 5.75 Å². The molecule has 0 bridgehead atoms. The Morgan fingerprint density at radius 1 is 1.20 bits per heavy atom. The minimum absolute atomic E-state index is 0.0965. The summed E-state index contributed by atoms with van der Waals surface area (Å²) < 4.78 is 35.4. The minimum Gasteiger partial charge on any atom is -0.497 e. The van der Waals surface area contributed by atoms with Gasteiger partial charge in [0.25, 0.3) is 0 Å². The molecule has 0 aliphatic carbocycles. The monoisotopic (exact) mass is 494 g/mol. The van der Waals surface area contributed by atoms with Crippen LogP contribution in [0.2, 0.25) is 0 Å². The van der Waals surface area contributed by atoms with Gasteiger partial charge in [0.2, 0.25) is 15.9 Å². The average Bonchev–Trinajstić information content (AvgIpc) is 3.46. The quantitative estimate of drug-likeness (QED) is 0.411. The number of aryl methyl sites for hydroxylation is 1. The zero-order chi connectivity index (χ0) is 24.6. The van der Waals surface area contributed by atoms with Crippen LogP contribution in [-0.2, 0) is 28.3 Å². The summed E-state index contributed by atoms with van der Waals surface area (Å²) in [6.45, 7) is 1.11. The number of H-pyrrole nitrogens is 1. The van der Waals surface area contributed by atoms with Gasteiger partial charge in [-0.05, 0) is 67.3 Å². The van der Waals surface area contributed by atoms with Crippen molar-refractivity contribution in [3.05, 3.63) is 60.4 Å². The van der Waals surface area contributed by atoms with Gasteiger partial charge in [-0.2, -0.15) is 4.31 Å². The molecule has 1 aliphatic rings. The zero-order valence-electron chi connectivity index (χ0n) is 20.0. The molecule has 8 nitrogen and oxygen atoms in total. The van der Waals surface area contributed by atoms with Gasteiger partial charge in [0, 0.05) is 60.9 Å². The summed E-state index contributed by atoms with van der Waals surface area (Å²) in [4.78, 5) is 16.4. The van der Waals surface area contributed by atoms with E-state index >= 15 is 0 Å². The third-order valence-electron chi connectivity index (χ3n) is 6.92. The van der Waals surface area contributed by atoms with E-state index in [1.54, 1.807) is 19.2 Å². The number of fused-ring (bicyclic) bond motifs is 2. The lowest BCUT2D eigenvalue weighted by atomic mass is 9.98. The molecule has 35 heavy (non-hydrogen) atoms. The standard InChI is InChI=1S/C26H30N4O4S/c1-29-13-10-18-14-22(6-8-25(18)29)35(32,33)30-12-3-4-20(17-30)26(31)27-11-9-19-16-28-24-7-5-21(34-2)15-23(19)24/h5-8,10,13-16,20,28H,3-4,9,11-12,17H2,1-2H3,(H,27,31)/t20-/m1/s1.